The van der Waals surface area contributed by atoms with Crippen molar-refractivity contribution in [3.63, 3.8) is 0 Å². The maximum Gasteiger partial charge on any atom is 0.268 e. The van der Waals surface area contributed by atoms with Crippen LogP contribution < -0.4 is 15.5 Å². The van der Waals surface area contributed by atoms with E-state index in [4.69, 9.17) is 16.0 Å². The standard InChI is InChI=1S/C24H19ClN4O3S/c25-17-13-16(8-9-18(17)29-11-10-26-20(30)14-29)27-23(31)22-21(15-5-2-1-3-6-15)28-24(33-22)19-7-4-12-32-19/h1-9,12-13H,10-11,14H2,(H,26,30)(H,27,31). The molecule has 1 aliphatic heterocycles. The lowest BCUT2D eigenvalue weighted by molar-refractivity contribution is -0.120. The van der Waals surface area contributed by atoms with Crippen LogP contribution >= 0.6 is 22.9 Å². The predicted molar refractivity (Wildman–Crippen MR) is 130 cm³/mol. The fraction of sp³-hybridized carbons (Fsp3) is 0.125. The number of carbonyl (C=O) groups excluding carboxylic acids is 2. The number of hydrogen-bond acceptors (Lipinski definition) is 6. The predicted octanol–water partition coefficient (Wildman–Crippen LogP) is 4.91. The molecule has 2 N–H and O–H groups in total. The minimum atomic E-state index is -0.287. The van der Waals surface area contributed by atoms with Crippen molar-refractivity contribution in [1.82, 2.24) is 10.3 Å². The second-order valence-corrected chi connectivity index (χ2v) is 8.84. The molecule has 0 bridgehead atoms. The van der Waals surface area contributed by atoms with Gasteiger partial charge in [-0.3, -0.25) is 9.59 Å². The zero-order chi connectivity index (χ0) is 22.8. The number of rotatable bonds is 5. The fourth-order valence-electron chi connectivity index (χ4n) is 3.64. The summed E-state index contributed by atoms with van der Waals surface area (Å²) in [6.07, 6.45) is 1.58. The van der Waals surface area contributed by atoms with Crippen LogP contribution in [-0.2, 0) is 4.79 Å². The molecule has 5 rings (SSSR count). The smallest absolute Gasteiger partial charge is 0.268 e. The number of piperazine rings is 1. The molecule has 2 amide bonds. The molecule has 0 unspecified atom stereocenters. The minimum Gasteiger partial charge on any atom is -0.462 e. The van der Waals surface area contributed by atoms with E-state index in [0.717, 1.165) is 11.3 Å². The van der Waals surface area contributed by atoms with E-state index in [1.807, 2.05) is 47.4 Å². The summed E-state index contributed by atoms with van der Waals surface area (Å²) in [4.78, 5) is 32.0. The van der Waals surface area contributed by atoms with Crippen LogP contribution in [-0.4, -0.2) is 36.4 Å². The van der Waals surface area contributed by atoms with Gasteiger partial charge >= 0.3 is 0 Å². The first-order valence-corrected chi connectivity index (χ1v) is 11.5. The lowest BCUT2D eigenvalue weighted by atomic mass is 10.1. The number of nitrogens with one attached hydrogen (secondary N) is 2. The first-order chi connectivity index (χ1) is 16.1. The van der Waals surface area contributed by atoms with Crippen molar-refractivity contribution in [2.75, 3.05) is 29.9 Å². The van der Waals surface area contributed by atoms with Gasteiger partial charge in [-0.25, -0.2) is 4.98 Å². The van der Waals surface area contributed by atoms with Gasteiger partial charge in [0.2, 0.25) is 5.91 Å². The van der Waals surface area contributed by atoms with Gasteiger partial charge in [0.25, 0.3) is 5.91 Å². The van der Waals surface area contributed by atoms with Crippen molar-refractivity contribution in [2.24, 2.45) is 0 Å². The lowest BCUT2D eigenvalue weighted by Crippen LogP contribution is -2.47. The molecule has 33 heavy (non-hydrogen) atoms. The average molecular weight is 479 g/mol. The van der Waals surface area contributed by atoms with Crippen molar-refractivity contribution in [1.29, 1.82) is 0 Å². The Kier molecular flexibility index (Phi) is 5.85. The van der Waals surface area contributed by atoms with Crippen molar-refractivity contribution < 1.29 is 14.0 Å². The number of aromatic nitrogens is 1. The largest absolute Gasteiger partial charge is 0.462 e. The van der Waals surface area contributed by atoms with Gasteiger partial charge < -0.3 is 20.0 Å². The molecule has 0 saturated carbocycles. The second-order valence-electron chi connectivity index (χ2n) is 7.43. The van der Waals surface area contributed by atoms with E-state index in [1.165, 1.54) is 11.3 Å². The van der Waals surface area contributed by atoms with E-state index in [9.17, 15) is 9.59 Å². The van der Waals surface area contributed by atoms with Crippen LogP contribution in [0.5, 0.6) is 0 Å². The minimum absolute atomic E-state index is 0.0410. The monoisotopic (exact) mass is 478 g/mol. The maximum atomic E-state index is 13.3. The molecule has 0 aliphatic carbocycles. The molecule has 0 radical (unpaired) electrons. The van der Waals surface area contributed by atoms with Crippen molar-refractivity contribution in [3.05, 3.63) is 76.8 Å². The molecule has 4 aromatic rings. The molecular formula is C24H19ClN4O3S. The Morgan fingerprint density at radius 2 is 2.00 bits per heavy atom. The molecule has 166 valence electrons. The summed E-state index contributed by atoms with van der Waals surface area (Å²) in [5.41, 5.74) is 2.74. The number of amides is 2. The number of benzene rings is 2. The number of halogens is 1. The first kappa shape index (κ1) is 21.2. The third-order valence-electron chi connectivity index (χ3n) is 5.20. The number of anilines is 2. The highest BCUT2D eigenvalue weighted by Crippen LogP contribution is 2.35. The van der Waals surface area contributed by atoms with Gasteiger partial charge in [0.1, 0.15) is 4.88 Å². The first-order valence-electron chi connectivity index (χ1n) is 10.3. The van der Waals surface area contributed by atoms with Gasteiger partial charge in [0.05, 0.1) is 29.2 Å². The molecular weight excluding hydrogens is 460 g/mol. The highest BCUT2D eigenvalue weighted by atomic mass is 35.5. The summed E-state index contributed by atoms with van der Waals surface area (Å²) in [6, 6.07) is 18.4. The topological polar surface area (TPSA) is 87.5 Å². The summed E-state index contributed by atoms with van der Waals surface area (Å²) in [6.45, 7) is 1.50. The van der Waals surface area contributed by atoms with Gasteiger partial charge in [-0.15, -0.1) is 11.3 Å². The number of carbonyl (C=O) groups is 2. The molecule has 9 heteroatoms. The van der Waals surface area contributed by atoms with Crippen LogP contribution in [0.1, 0.15) is 9.67 Å². The van der Waals surface area contributed by atoms with Crippen molar-refractivity contribution in [3.8, 4) is 22.0 Å². The molecule has 1 fully saturated rings. The van der Waals surface area contributed by atoms with Gasteiger partial charge in [0.15, 0.2) is 10.8 Å². The van der Waals surface area contributed by atoms with Crippen LogP contribution in [0.3, 0.4) is 0 Å². The van der Waals surface area contributed by atoms with Gasteiger partial charge in [0, 0.05) is 24.3 Å². The Morgan fingerprint density at radius 3 is 2.73 bits per heavy atom. The molecule has 0 atom stereocenters. The van der Waals surface area contributed by atoms with Gasteiger partial charge in [-0.05, 0) is 30.3 Å². The Hall–Kier alpha value is -3.62. The molecule has 7 nitrogen and oxygen atoms in total. The SMILES string of the molecule is O=C1CN(c2ccc(NC(=O)c3sc(-c4ccco4)nc3-c3ccccc3)cc2Cl)CCN1. The third-order valence-corrected chi connectivity index (χ3v) is 6.57. The van der Waals surface area contributed by atoms with Crippen molar-refractivity contribution >= 4 is 46.1 Å². The van der Waals surface area contributed by atoms with E-state index in [1.54, 1.807) is 24.5 Å². The highest BCUT2D eigenvalue weighted by molar-refractivity contribution is 7.17. The fourth-order valence-corrected chi connectivity index (χ4v) is 4.90. The summed E-state index contributed by atoms with van der Waals surface area (Å²) < 4.78 is 5.48. The van der Waals surface area contributed by atoms with Crippen LogP contribution in [0, 0.1) is 0 Å². The normalized spacial score (nSPS) is 13.6. The highest BCUT2D eigenvalue weighted by Gasteiger charge is 2.23. The van der Waals surface area contributed by atoms with E-state index in [0.29, 0.717) is 45.1 Å². The number of furan rings is 1. The Balaban J connectivity index is 1.43. The Morgan fingerprint density at radius 1 is 1.15 bits per heavy atom. The zero-order valence-corrected chi connectivity index (χ0v) is 18.9. The lowest BCUT2D eigenvalue weighted by Gasteiger charge is -2.29. The number of hydrogen-bond donors (Lipinski definition) is 2. The zero-order valence-electron chi connectivity index (χ0n) is 17.4. The van der Waals surface area contributed by atoms with Crippen LogP contribution in [0.15, 0.2) is 71.3 Å². The molecule has 1 aliphatic rings. The molecule has 0 spiro atoms. The molecule has 1 saturated heterocycles. The van der Waals surface area contributed by atoms with Gasteiger partial charge in [-0.1, -0.05) is 41.9 Å². The quantitative estimate of drug-likeness (QED) is 0.425. The molecule has 2 aromatic carbocycles. The molecule has 3 heterocycles. The van der Waals surface area contributed by atoms with Crippen molar-refractivity contribution in [2.45, 2.75) is 0 Å². The maximum absolute atomic E-state index is 13.3. The molecule has 2 aromatic heterocycles. The van der Waals surface area contributed by atoms with E-state index in [2.05, 4.69) is 15.6 Å². The summed E-state index contributed by atoms with van der Waals surface area (Å²) >= 11 is 7.76. The summed E-state index contributed by atoms with van der Waals surface area (Å²) in [7, 11) is 0. The second kappa shape index (κ2) is 9.09. The number of nitrogens with zero attached hydrogens (tertiary/aromatic N) is 2. The Bertz CT molecular complexity index is 1300. The average Bonchev–Trinajstić information content (AvgIpc) is 3.50. The van der Waals surface area contributed by atoms with E-state index in [-0.39, 0.29) is 18.4 Å². The van der Waals surface area contributed by atoms with E-state index < -0.39 is 0 Å². The summed E-state index contributed by atoms with van der Waals surface area (Å²) in [5, 5.41) is 6.81. The number of thiazole rings is 1. The Labute approximate surface area is 199 Å². The van der Waals surface area contributed by atoms with Crippen LogP contribution in [0.4, 0.5) is 11.4 Å². The third kappa shape index (κ3) is 4.48. The summed E-state index contributed by atoms with van der Waals surface area (Å²) in [5.74, 6) is 0.278. The van der Waals surface area contributed by atoms with Crippen LogP contribution in [0.25, 0.3) is 22.0 Å². The van der Waals surface area contributed by atoms with Crippen LogP contribution in [0.2, 0.25) is 5.02 Å². The van der Waals surface area contributed by atoms with Gasteiger partial charge in [-0.2, -0.15) is 0 Å². The van der Waals surface area contributed by atoms with E-state index >= 15 is 0 Å².